The first-order valence-corrected chi connectivity index (χ1v) is 6.58. The highest BCUT2D eigenvalue weighted by atomic mass is 32.2. The molecular formula is C10H9N3O3S2. The topological polar surface area (TPSA) is 85.2 Å². The third kappa shape index (κ3) is 3.41. The number of thiazole rings is 1. The maximum atomic E-state index is 10.5. The van der Waals surface area contributed by atoms with Gasteiger partial charge in [-0.15, -0.1) is 11.3 Å². The van der Waals surface area contributed by atoms with Gasteiger partial charge in [0, 0.05) is 17.6 Å². The molecule has 2 rings (SSSR count). The smallest absolute Gasteiger partial charge is 0.309 e. The van der Waals surface area contributed by atoms with E-state index in [1.807, 2.05) is 0 Å². The minimum Gasteiger partial charge on any atom is -0.481 e. The summed E-state index contributed by atoms with van der Waals surface area (Å²) in [6.07, 6.45) is 1.52. The van der Waals surface area contributed by atoms with Crippen LogP contribution < -0.4 is 4.74 Å². The lowest BCUT2D eigenvalue weighted by Gasteiger charge is -1.99. The highest BCUT2D eigenvalue weighted by molar-refractivity contribution is 8.00. The van der Waals surface area contributed by atoms with Crippen LogP contribution in [0.2, 0.25) is 0 Å². The first-order valence-electron chi connectivity index (χ1n) is 4.88. The monoisotopic (exact) mass is 283 g/mol. The predicted molar refractivity (Wildman–Crippen MR) is 66.2 cm³/mol. The Hall–Kier alpha value is -1.67. The van der Waals surface area contributed by atoms with E-state index in [0.29, 0.717) is 21.1 Å². The van der Waals surface area contributed by atoms with Crippen molar-refractivity contribution in [3.05, 3.63) is 23.3 Å². The number of aliphatic carboxylic acids is 1. The highest BCUT2D eigenvalue weighted by Crippen LogP contribution is 2.28. The minimum atomic E-state index is -0.894. The fourth-order valence-electron chi connectivity index (χ4n) is 1.14. The van der Waals surface area contributed by atoms with Crippen LogP contribution in [0.3, 0.4) is 0 Å². The molecule has 0 fully saturated rings. The summed E-state index contributed by atoms with van der Waals surface area (Å²) in [6.45, 7) is 0. The van der Waals surface area contributed by atoms with Crippen LogP contribution in [-0.4, -0.2) is 33.1 Å². The summed E-state index contributed by atoms with van der Waals surface area (Å²) in [5.41, 5.74) is 0.540. The minimum absolute atomic E-state index is 0.0734. The molecule has 0 amide bonds. The Bertz CT molecular complexity index is 559. The van der Waals surface area contributed by atoms with Gasteiger partial charge in [0.2, 0.25) is 5.88 Å². The van der Waals surface area contributed by atoms with Crippen molar-refractivity contribution in [3.63, 3.8) is 0 Å². The van der Waals surface area contributed by atoms with E-state index in [1.54, 1.807) is 17.6 Å². The number of nitrogens with zero attached hydrogens (tertiary/aromatic N) is 3. The van der Waals surface area contributed by atoms with Crippen LogP contribution >= 0.6 is 23.1 Å². The molecule has 0 spiro atoms. The number of hydrogen-bond acceptors (Lipinski definition) is 7. The zero-order valence-corrected chi connectivity index (χ0v) is 11.0. The summed E-state index contributed by atoms with van der Waals surface area (Å²) in [5.74, 6) is -0.413. The van der Waals surface area contributed by atoms with Gasteiger partial charge < -0.3 is 9.84 Å². The fraction of sp³-hybridized carbons (Fsp3) is 0.200. The molecule has 94 valence electrons. The van der Waals surface area contributed by atoms with E-state index in [2.05, 4.69) is 15.0 Å². The summed E-state index contributed by atoms with van der Waals surface area (Å²) in [7, 11) is 1.53. The number of aromatic nitrogens is 3. The first-order chi connectivity index (χ1) is 8.67. The molecular weight excluding hydrogens is 274 g/mol. The van der Waals surface area contributed by atoms with Gasteiger partial charge in [0.05, 0.1) is 19.2 Å². The Balaban J connectivity index is 2.08. The zero-order valence-electron chi connectivity index (χ0n) is 9.36. The van der Waals surface area contributed by atoms with Crippen LogP contribution in [0.25, 0.3) is 0 Å². The highest BCUT2D eigenvalue weighted by Gasteiger charge is 2.09. The molecule has 0 unspecified atom stereocenters. The quantitative estimate of drug-likeness (QED) is 0.836. The molecule has 2 aromatic rings. The van der Waals surface area contributed by atoms with Gasteiger partial charge in [0.25, 0.3) is 0 Å². The van der Waals surface area contributed by atoms with E-state index >= 15 is 0 Å². The van der Waals surface area contributed by atoms with E-state index in [0.717, 1.165) is 0 Å². The average molecular weight is 283 g/mol. The predicted octanol–water partition coefficient (Wildman–Crippen LogP) is 1.72. The van der Waals surface area contributed by atoms with Crippen molar-refractivity contribution in [2.45, 2.75) is 15.9 Å². The number of ether oxygens (including phenoxy) is 1. The lowest BCUT2D eigenvalue weighted by molar-refractivity contribution is -0.136. The molecule has 8 heteroatoms. The Kier molecular flexibility index (Phi) is 4.11. The van der Waals surface area contributed by atoms with Crippen LogP contribution in [0.1, 0.15) is 5.69 Å². The zero-order chi connectivity index (χ0) is 13.0. The van der Waals surface area contributed by atoms with E-state index in [1.165, 1.54) is 30.2 Å². The van der Waals surface area contributed by atoms with Crippen molar-refractivity contribution in [1.29, 1.82) is 0 Å². The second-order valence-electron chi connectivity index (χ2n) is 3.16. The van der Waals surface area contributed by atoms with Crippen molar-refractivity contribution in [2.24, 2.45) is 0 Å². The van der Waals surface area contributed by atoms with Gasteiger partial charge in [-0.25, -0.2) is 9.97 Å². The second-order valence-corrected chi connectivity index (χ2v) is 5.23. The Morgan fingerprint density at radius 2 is 2.39 bits per heavy atom. The van der Waals surface area contributed by atoms with E-state index in [-0.39, 0.29) is 6.42 Å². The summed E-state index contributed by atoms with van der Waals surface area (Å²) in [5, 5.41) is 10.9. The Morgan fingerprint density at radius 1 is 1.56 bits per heavy atom. The van der Waals surface area contributed by atoms with Gasteiger partial charge in [-0.05, 0) is 11.8 Å². The molecule has 0 aliphatic rings. The van der Waals surface area contributed by atoms with Gasteiger partial charge in [-0.1, -0.05) is 0 Å². The molecule has 2 aromatic heterocycles. The molecule has 6 nitrogen and oxygen atoms in total. The van der Waals surface area contributed by atoms with Crippen LogP contribution in [0.5, 0.6) is 5.88 Å². The molecule has 0 atom stereocenters. The molecule has 0 radical (unpaired) electrons. The van der Waals surface area contributed by atoms with Crippen molar-refractivity contribution in [2.75, 3.05) is 7.11 Å². The van der Waals surface area contributed by atoms with Gasteiger partial charge in [0.1, 0.15) is 0 Å². The molecule has 0 aliphatic heterocycles. The fourth-order valence-corrected chi connectivity index (χ4v) is 2.81. The normalized spacial score (nSPS) is 10.3. The van der Waals surface area contributed by atoms with E-state index in [9.17, 15) is 4.79 Å². The molecule has 18 heavy (non-hydrogen) atoms. The number of carboxylic acids is 1. The van der Waals surface area contributed by atoms with Gasteiger partial charge in [-0.3, -0.25) is 4.79 Å². The summed E-state index contributed by atoms with van der Waals surface area (Å²) >= 11 is 2.64. The molecule has 0 bridgehead atoms. The van der Waals surface area contributed by atoms with E-state index < -0.39 is 5.97 Å². The van der Waals surface area contributed by atoms with Crippen LogP contribution in [0, 0.1) is 0 Å². The lowest BCUT2D eigenvalue weighted by Crippen LogP contribution is -1.99. The van der Waals surface area contributed by atoms with Crippen LogP contribution in [0.4, 0.5) is 0 Å². The summed E-state index contributed by atoms with van der Waals surface area (Å²) in [6, 6.07) is 1.65. The maximum absolute atomic E-state index is 10.5. The summed E-state index contributed by atoms with van der Waals surface area (Å²) in [4.78, 5) is 22.9. The Labute approximate surface area is 111 Å². The van der Waals surface area contributed by atoms with E-state index in [4.69, 9.17) is 9.84 Å². The standard InChI is InChI=1S/C10H9N3O3S2/c1-16-7-2-3-11-9(13-7)18-10-12-6(5-17-10)4-8(14)15/h2-3,5H,4H2,1H3,(H,14,15). The molecule has 0 aliphatic carbocycles. The van der Waals surface area contributed by atoms with Crippen LogP contribution in [0.15, 0.2) is 27.1 Å². The largest absolute Gasteiger partial charge is 0.481 e. The van der Waals surface area contributed by atoms with Gasteiger partial charge >= 0.3 is 5.97 Å². The molecule has 1 N–H and O–H groups in total. The number of methoxy groups -OCH3 is 1. The molecule has 0 saturated carbocycles. The van der Waals surface area contributed by atoms with Gasteiger partial charge in [0.15, 0.2) is 9.50 Å². The third-order valence-electron chi connectivity index (χ3n) is 1.86. The van der Waals surface area contributed by atoms with Gasteiger partial charge in [-0.2, -0.15) is 4.98 Å². The average Bonchev–Trinajstić information content (AvgIpc) is 2.76. The second kappa shape index (κ2) is 5.78. The number of hydrogen-bond donors (Lipinski definition) is 1. The molecule has 0 saturated heterocycles. The first kappa shape index (κ1) is 12.8. The van der Waals surface area contributed by atoms with Crippen molar-refractivity contribution in [3.8, 4) is 5.88 Å². The molecule has 0 aromatic carbocycles. The van der Waals surface area contributed by atoms with Crippen molar-refractivity contribution >= 4 is 29.1 Å². The SMILES string of the molecule is COc1ccnc(Sc2nc(CC(=O)O)cs2)n1. The number of carboxylic acid groups (broad SMARTS) is 1. The van der Waals surface area contributed by atoms with Crippen molar-refractivity contribution in [1.82, 2.24) is 15.0 Å². The van der Waals surface area contributed by atoms with Crippen LogP contribution in [-0.2, 0) is 11.2 Å². The number of carbonyl (C=O) groups is 1. The third-order valence-corrected chi connectivity index (χ3v) is 3.73. The summed E-state index contributed by atoms with van der Waals surface area (Å²) < 4.78 is 5.70. The lowest BCUT2D eigenvalue weighted by atomic mass is 10.3. The van der Waals surface area contributed by atoms with Crippen molar-refractivity contribution < 1.29 is 14.6 Å². The number of rotatable bonds is 5. The molecule has 2 heterocycles. The Morgan fingerprint density at radius 3 is 3.11 bits per heavy atom. The maximum Gasteiger partial charge on any atom is 0.309 e.